The summed E-state index contributed by atoms with van der Waals surface area (Å²) in [4.78, 5) is 37.7. The summed E-state index contributed by atoms with van der Waals surface area (Å²) in [5, 5.41) is 2.76. The molecule has 0 aliphatic carbocycles. The number of Topliss-reactive ketones (excluding diaryl/α,β-unsaturated/α-hetero) is 1. The first-order valence-corrected chi connectivity index (χ1v) is 8.94. The van der Waals surface area contributed by atoms with Crippen LogP contribution in [0.25, 0.3) is 0 Å². The van der Waals surface area contributed by atoms with E-state index in [9.17, 15) is 14.4 Å². The van der Waals surface area contributed by atoms with Gasteiger partial charge in [0, 0.05) is 24.8 Å². The van der Waals surface area contributed by atoms with Gasteiger partial charge in [0.25, 0.3) is 11.8 Å². The minimum atomic E-state index is -0.186. The molecule has 28 heavy (non-hydrogen) atoms. The van der Waals surface area contributed by atoms with Crippen molar-refractivity contribution in [3.05, 3.63) is 59.2 Å². The van der Waals surface area contributed by atoms with Gasteiger partial charge in [0.1, 0.15) is 5.75 Å². The van der Waals surface area contributed by atoms with Crippen LogP contribution >= 0.6 is 0 Å². The van der Waals surface area contributed by atoms with Crippen molar-refractivity contribution in [3.63, 3.8) is 0 Å². The molecule has 7 nitrogen and oxygen atoms in total. The zero-order chi connectivity index (χ0) is 20.1. The van der Waals surface area contributed by atoms with Crippen molar-refractivity contribution in [3.8, 4) is 5.75 Å². The summed E-state index contributed by atoms with van der Waals surface area (Å²) in [6.07, 6.45) is 0. The van der Waals surface area contributed by atoms with Crippen molar-refractivity contribution in [2.45, 2.75) is 13.5 Å². The summed E-state index contributed by atoms with van der Waals surface area (Å²) in [5.74, 6) is 0.125. The van der Waals surface area contributed by atoms with Gasteiger partial charge in [0.2, 0.25) is 0 Å². The Morgan fingerprint density at radius 3 is 2.54 bits per heavy atom. The Balaban J connectivity index is 1.76. The van der Waals surface area contributed by atoms with Gasteiger partial charge in [-0.2, -0.15) is 0 Å². The smallest absolute Gasteiger partial charge is 0.265 e. The van der Waals surface area contributed by atoms with E-state index in [4.69, 9.17) is 9.47 Å². The van der Waals surface area contributed by atoms with Crippen LogP contribution in [0.15, 0.2) is 42.5 Å². The number of carbonyl (C=O) groups is 3. The second-order valence-corrected chi connectivity index (χ2v) is 6.45. The summed E-state index contributed by atoms with van der Waals surface area (Å²) >= 11 is 0. The average Bonchev–Trinajstić information content (AvgIpc) is 2.70. The molecule has 1 N–H and O–H groups in total. The zero-order valence-electron chi connectivity index (χ0n) is 15.9. The summed E-state index contributed by atoms with van der Waals surface area (Å²) in [5.41, 5.74) is 2.49. The van der Waals surface area contributed by atoms with Crippen LogP contribution in [0.1, 0.15) is 33.2 Å². The van der Waals surface area contributed by atoms with E-state index >= 15 is 0 Å². The average molecular weight is 382 g/mol. The lowest BCUT2D eigenvalue weighted by atomic mass is 10.1. The van der Waals surface area contributed by atoms with Crippen molar-refractivity contribution >= 4 is 23.3 Å². The van der Waals surface area contributed by atoms with E-state index in [0.29, 0.717) is 42.3 Å². The van der Waals surface area contributed by atoms with Gasteiger partial charge in [-0.05, 0) is 42.8 Å². The third kappa shape index (κ3) is 4.37. The van der Waals surface area contributed by atoms with Crippen molar-refractivity contribution in [2.24, 2.45) is 0 Å². The molecular formula is C21H22N2O5. The molecule has 0 radical (unpaired) electrons. The number of rotatable bonds is 7. The third-order valence-electron chi connectivity index (χ3n) is 4.46. The van der Waals surface area contributed by atoms with Crippen LogP contribution in [-0.2, 0) is 16.1 Å². The van der Waals surface area contributed by atoms with Crippen molar-refractivity contribution in [2.75, 3.05) is 31.8 Å². The summed E-state index contributed by atoms with van der Waals surface area (Å²) in [6.45, 7) is 2.64. The van der Waals surface area contributed by atoms with Gasteiger partial charge in [-0.3, -0.25) is 14.4 Å². The molecule has 1 heterocycles. The number of benzene rings is 2. The van der Waals surface area contributed by atoms with Crippen molar-refractivity contribution in [1.82, 2.24) is 5.32 Å². The molecule has 146 valence electrons. The minimum absolute atomic E-state index is 0.0492. The molecule has 0 saturated heterocycles. The Labute approximate surface area is 163 Å². The van der Waals surface area contributed by atoms with E-state index in [2.05, 4.69) is 5.32 Å². The van der Waals surface area contributed by atoms with E-state index in [0.717, 1.165) is 5.56 Å². The van der Waals surface area contributed by atoms with Gasteiger partial charge in [-0.15, -0.1) is 0 Å². The normalized spacial score (nSPS) is 12.9. The Hall–Kier alpha value is -3.19. The number of anilines is 1. The van der Waals surface area contributed by atoms with Gasteiger partial charge in [-0.1, -0.05) is 12.1 Å². The minimum Gasteiger partial charge on any atom is -0.482 e. The maximum absolute atomic E-state index is 12.4. The van der Waals surface area contributed by atoms with Crippen molar-refractivity contribution < 1.29 is 23.9 Å². The molecule has 2 amide bonds. The number of amides is 2. The molecule has 0 aromatic heterocycles. The first-order valence-electron chi connectivity index (χ1n) is 8.94. The van der Waals surface area contributed by atoms with Crippen LogP contribution in [0.3, 0.4) is 0 Å². The highest BCUT2D eigenvalue weighted by Crippen LogP contribution is 2.34. The Morgan fingerprint density at radius 1 is 1.14 bits per heavy atom. The Bertz CT molecular complexity index is 892. The van der Waals surface area contributed by atoms with Crippen LogP contribution in [0.4, 0.5) is 5.69 Å². The number of fused-ring (bicyclic) bond motifs is 1. The highest BCUT2D eigenvalue weighted by atomic mass is 16.5. The summed E-state index contributed by atoms with van der Waals surface area (Å²) in [6, 6.07) is 12.1. The second-order valence-electron chi connectivity index (χ2n) is 6.45. The van der Waals surface area contributed by atoms with Crippen LogP contribution < -0.4 is 15.0 Å². The maximum atomic E-state index is 12.4. The standard InChI is InChI=1S/C21H22N2O5/c1-14(24)17-7-8-19-18(11-17)23(20(25)13-28-19)12-15-3-5-16(6-4-15)21(26)22-9-10-27-2/h3-8,11H,9-10,12-13H2,1-2H3,(H,22,26). The molecule has 0 bridgehead atoms. The van der Waals surface area contributed by atoms with E-state index in [-0.39, 0.29) is 24.2 Å². The van der Waals surface area contributed by atoms with Crippen molar-refractivity contribution in [1.29, 1.82) is 0 Å². The highest BCUT2D eigenvalue weighted by molar-refractivity contribution is 6.01. The fraction of sp³-hybridized carbons (Fsp3) is 0.286. The number of hydrogen-bond donors (Lipinski definition) is 1. The number of methoxy groups -OCH3 is 1. The van der Waals surface area contributed by atoms with E-state index < -0.39 is 0 Å². The molecule has 2 aromatic carbocycles. The number of nitrogens with one attached hydrogen (secondary N) is 1. The number of carbonyl (C=O) groups excluding carboxylic acids is 3. The highest BCUT2D eigenvalue weighted by Gasteiger charge is 2.26. The molecule has 1 aliphatic rings. The monoisotopic (exact) mass is 382 g/mol. The molecule has 3 rings (SSSR count). The maximum Gasteiger partial charge on any atom is 0.265 e. The van der Waals surface area contributed by atoms with Crippen LogP contribution in [-0.4, -0.2) is 44.5 Å². The van der Waals surface area contributed by atoms with Crippen LogP contribution in [0.2, 0.25) is 0 Å². The molecule has 0 fully saturated rings. The van der Waals surface area contributed by atoms with E-state index in [1.54, 1.807) is 42.3 Å². The van der Waals surface area contributed by atoms with E-state index in [1.807, 2.05) is 12.1 Å². The topological polar surface area (TPSA) is 84.9 Å². The predicted molar refractivity (Wildman–Crippen MR) is 104 cm³/mol. The number of hydrogen-bond acceptors (Lipinski definition) is 5. The molecule has 2 aromatic rings. The number of ketones is 1. The van der Waals surface area contributed by atoms with Gasteiger partial charge >= 0.3 is 0 Å². The largest absolute Gasteiger partial charge is 0.482 e. The second kappa shape index (κ2) is 8.67. The number of nitrogens with zero attached hydrogens (tertiary/aromatic N) is 1. The lowest BCUT2D eigenvalue weighted by Crippen LogP contribution is -2.38. The number of ether oxygens (including phenoxy) is 2. The molecular weight excluding hydrogens is 360 g/mol. The molecule has 7 heteroatoms. The van der Waals surface area contributed by atoms with E-state index in [1.165, 1.54) is 6.92 Å². The zero-order valence-corrected chi connectivity index (χ0v) is 15.9. The summed E-state index contributed by atoms with van der Waals surface area (Å²) in [7, 11) is 1.57. The molecule has 0 atom stereocenters. The first-order chi connectivity index (χ1) is 13.5. The van der Waals surface area contributed by atoms with Gasteiger partial charge in [0.15, 0.2) is 12.4 Å². The molecule has 0 unspecified atom stereocenters. The Morgan fingerprint density at radius 2 is 1.86 bits per heavy atom. The van der Waals surface area contributed by atoms with Crippen LogP contribution in [0, 0.1) is 0 Å². The quantitative estimate of drug-likeness (QED) is 0.586. The molecule has 1 aliphatic heterocycles. The lowest BCUT2D eigenvalue weighted by molar-refractivity contribution is -0.121. The van der Waals surface area contributed by atoms with Gasteiger partial charge < -0.3 is 19.7 Å². The fourth-order valence-corrected chi connectivity index (χ4v) is 2.91. The third-order valence-corrected chi connectivity index (χ3v) is 4.46. The first kappa shape index (κ1) is 19.6. The lowest BCUT2D eigenvalue weighted by Gasteiger charge is -2.29. The van der Waals surface area contributed by atoms with Gasteiger partial charge in [-0.25, -0.2) is 0 Å². The SMILES string of the molecule is COCCNC(=O)c1ccc(CN2C(=O)COc3ccc(C(C)=O)cc32)cc1. The van der Waals surface area contributed by atoms with Gasteiger partial charge in [0.05, 0.1) is 18.8 Å². The Kier molecular flexibility index (Phi) is 6.06. The molecule has 0 spiro atoms. The molecule has 0 saturated carbocycles. The summed E-state index contributed by atoms with van der Waals surface area (Å²) < 4.78 is 10.4. The predicted octanol–water partition coefficient (Wildman–Crippen LogP) is 2.19. The fourth-order valence-electron chi connectivity index (χ4n) is 2.91. The van der Waals surface area contributed by atoms with Crippen LogP contribution in [0.5, 0.6) is 5.75 Å².